The number of fused-ring (bicyclic) bond motifs is 5. The fraction of sp³-hybridized carbons (Fsp3) is 0.920. The lowest BCUT2D eigenvalue weighted by Crippen LogP contribution is -2.62. The van der Waals surface area contributed by atoms with Crippen molar-refractivity contribution >= 4 is 12.2 Å². The van der Waals surface area contributed by atoms with Crippen molar-refractivity contribution in [2.45, 2.75) is 89.8 Å². The lowest BCUT2D eigenvalue weighted by molar-refractivity contribution is -0.209. The number of nitrogens with one attached hydrogen (secondary N) is 1. The van der Waals surface area contributed by atoms with Gasteiger partial charge in [0.05, 0.1) is 18.2 Å². The number of hydrogen-bond acceptors (Lipinski definition) is 6. The van der Waals surface area contributed by atoms with Crippen molar-refractivity contribution in [2.24, 2.45) is 44.6 Å². The van der Waals surface area contributed by atoms with E-state index in [1.165, 1.54) is 12.8 Å². The van der Waals surface area contributed by atoms with Crippen molar-refractivity contribution < 1.29 is 10.2 Å². The summed E-state index contributed by atoms with van der Waals surface area (Å²) in [5, 5.41) is 26.9. The molecule has 0 aromatic heterocycles. The first kappa shape index (κ1) is 21.7. The number of guanidine groups is 1. The molecule has 0 unspecified atom stereocenters. The number of aliphatic hydroxyl groups is 2. The Morgan fingerprint density at radius 1 is 1.13 bits per heavy atom. The number of aliphatic imine (C=N–C) groups is 1. The van der Waals surface area contributed by atoms with Crippen LogP contribution in [0.2, 0.25) is 0 Å². The van der Waals surface area contributed by atoms with E-state index in [2.05, 4.69) is 34.3 Å². The highest BCUT2D eigenvalue weighted by atomic mass is 16.3. The summed E-state index contributed by atoms with van der Waals surface area (Å²) in [6, 6.07) is 0. The van der Waals surface area contributed by atoms with Crippen LogP contribution in [0.15, 0.2) is 10.1 Å². The van der Waals surface area contributed by atoms with Crippen LogP contribution in [0.4, 0.5) is 0 Å². The highest BCUT2D eigenvalue weighted by molar-refractivity contribution is 5.81. The Bertz CT molecular complexity index is 756. The van der Waals surface area contributed by atoms with Crippen molar-refractivity contribution in [3.05, 3.63) is 0 Å². The molecule has 3 N–H and O–H groups in total. The molecular formula is C25H42N4O2. The maximum Gasteiger partial charge on any atom is 0.214 e. The zero-order valence-electron chi connectivity index (χ0n) is 19.7. The van der Waals surface area contributed by atoms with Crippen molar-refractivity contribution in [3.8, 4) is 0 Å². The molecule has 4 saturated carbocycles. The van der Waals surface area contributed by atoms with E-state index in [1.807, 2.05) is 13.3 Å². The van der Waals surface area contributed by atoms with E-state index in [0.29, 0.717) is 29.1 Å². The molecule has 0 bridgehead atoms. The summed E-state index contributed by atoms with van der Waals surface area (Å²) in [5.41, 5.74) is 2.84. The zero-order valence-corrected chi connectivity index (χ0v) is 19.7. The SMILES string of the molecule is CN1CCN=C1N/N=C/C[C@H]1CC[C@]2(O)[C@@H]3CC[C@@H]4C[C@@H](O)CC[C@]4(C)[C@H]3CC[C@]12C. The Balaban J connectivity index is 1.29. The highest BCUT2D eigenvalue weighted by Gasteiger charge is 2.66. The molecule has 6 nitrogen and oxygen atoms in total. The topological polar surface area (TPSA) is 80.5 Å². The average Bonchev–Trinajstić information content (AvgIpc) is 3.26. The number of hydrazone groups is 1. The molecule has 5 rings (SSSR count). The van der Waals surface area contributed by atoms with Crippen LogP contribution in [0.25, 0.3) is 0 Å². The second-order valence-electron chi connectivity index (χ2n) is 11.8. The van der Waals surface area contributed by atoms with Crippen LogP contribution in [0, 0.1) is 34.5 Å². The van der Waals surface area contributed by atoms with Gasteiger partial charge in [-0.05, 0) is 98.7 Å². The van der Waals surface area contributed by atoms with E-state index < -0.39 is 5.60 Å². The first-order chi connectivity index (χ1) is 14.8. The largest absolute Gasteiger partial charge is 0.393 e. The van der Waals surface area contributed by atoms with Crippen molar-refractivity contribution in [2.75, 3.05) is 20.1 Å². The van der Waals surface area contributed by atoms with Gasteiger partial charge >= 0.3 is 0 Å². The van der Waals surface area contributed by atoms with E-state index >= 15 is 0 Å². The van der Waals surface area contributed by atoms with Gasteiger partial charge in [0.15, 0.2) is 0 Å². The normalized spacial score (nSPS) is 49.5. The third-order valence-corrected chi connectivity index (χ3v) is 10.7. The Morgan fingerprint density at radius 2 is 1.97 bits per heavy atom. The predicted octanol–water partition coefficient (Wildman–Crippen LogP) is 3.39. The molecule has 174 valence electrons. The molecular weight excluding hydrogens is 388 g/mol. The van der Waals surface area contributed by atoms with Gasteiger partial charge in [-0.2, -0.15) is 5.10 Å². The molecule has 31 heavy (non-hydrogen) atoms. The predicted molar refractivity (Wildman–Crippen MR) is 124 cm³/mol. The summed E-state index contributed by atoms with van der Waals surface area (Å²) in [7, 11) is 2.03. The van der Waals surface area contributed by atoms with Crippen molar-refractivity contribution in [3.63, 3.8) is 0 Å². The van der Waals surface area contributed by atoms with Gasteiger partial charge in [-0.1, -0.05) is 13.8 Å². The molecule has 6 heteroatoms. The maximum atomic E-state index is 12.2. The quantitative estimate of drug-likeness (QED) is 0.474. The van der Waals surface area contributed by atoms with Crippen LogP contribution in [0.5, 0.6) is 0 Å². The Hall–Kier alpha value is -1.14. The minimum Gasteiger partial charge on any atom is -0.393 e. The summed E-state index contributed by atoms with van der Waals surface area (Å²) >= 11 is 0. The molecule has 5 aliphatic rings. The van der Waals surface area contributed by atoms with Crippen LogP contribution < -0.4 is 5.43 Å². The van der Waals surface area contributed by atoms with Gasteiger partial charge < -0.3 is 15.1 Å². The van der Waals surface area contributed by atoms with E-state index in [9.17, 15) is 10.2 Å². The smallest absolute Gasteiger partial charge is 0.214 e. The van der Waals surface area contributed by atoms with Crippen LogP contribution in [-0.2, 0) is 0 Å². The number of nitrogens with zero attached hydrogens (tertiary/aromatic N) is 3. The summed E-state index contributed by atoms with van der Waals surface area (Å²) in [6.45, 7) is 6.65. The van der Waals surface area contributed by atoms with Crippen LogP contribution in [0.1, 0.15) is 78.1 Å². The first-order valence-electron chi connectivity index (χ1n) is 12.7. The average molecular weight is 431 g/mol. The number of aliphatic hydroxyl groups excluding tert-OH is 1. The molecule has 0 spiro atoms. The van der Waals surface area contributed by atoms with Gasteiger partial charge in [-0.3, -0.25) is 0 Å². The van der Waals surface area contributed by atoms with E-state index in [-0.39, 0.29) is 11.5 Å². The minimum atomic E-state index is -0.540. The van der Waals surface area contributed by atoms with Crippen molar-refractivity contribution in [1.29, 1.82) is 0 Å². The van der Waals surface area contributed by atoms with Gasteiger partial charge in [0.25, 0.3) is 0 Å². The van der Waals surface area contributed by atoms with Gasteiger partial charge in [0.1, 0.15) is 0 Å². The molecule has 0 aromatic carbocycles. The van der Waals surface area contributed by atoms with Gasteiger partial charge in [0, 0.05) is 19.8 Å². The molecule has 0 saturated heterocycles. The van der Waals surface area contributed by atoms with Gasteiger partial charge in [-0.15, -0.1) is 0 Å². The monoisotopic (exact) mass is 430 g/mol. The second kappa shape index (κ2) is 7.72. The summed E-state index contributed by atoms with van der Waals surface area (Å²) < 4.78 is 0. The summed E-state index contributed by atoms with van der Waals surface area (Å²) in [5.74, 6) is 3.02. The summed E-state index contributed by atoms with van der Waals surface area (Å²) in [6.07, 6.45) is 12.6. The molecule has 4 aliphatic carbocycles. The van der Waals surface area contributed by atoms with E-state index in [1.54, 1.807) is 0 Å². The maximum absolute atomic E-state index is 12.2. The highest BCUT2D eigenvalue weighted by Crippen LogP contribution is 2.69. The van der Waals surface area contributed by atoms with Gasteiger partial charge in [-0.25, -0.2) is 10.4 Å². The fourth-order valence-corrected chi connectivity index (χ4v) is 8.63. The molecule has 0 radical (unpaired) electrons. The standard InChI is InChI=1S/C25H42N4O2/c1-23-10-7-19(30)16-18(23)4-5-21-20(23)8-11-24(2)17(6-12-25(21,24)31)9-13-27-28-22-26-14-15-29(22)3/h13,17-21,30-31H,4-12,14-16H2,1-3H3,(H,26,28)/b27-13+/t17-,18-,19+,20+,21-,23+,24-,25+/m1/s1. The number of likely N-dealkylation sites (N-methyl/N-ethyl adjacent to an activating group) is 1. The molecule has 0 amide bonds. The lowest BCUT2D eigenvalue weighted by atomic mass is 9.43. The first-order valence-corrected chi connectivity index (χ1v) is 12.7. The van der Waals surface area contributed by atoms with E-state index in [4.69, 9.17) is 0 Å². The lowest BCUT2D eigenvalue weighted by Gasteiger charge is -2.63. The number of rotatable bonds is 3. The van der Waals surface area contributed by atoms with Crippen LogP contribution in [-0.4, -0.2) is 59.1 Å². The molecule has 4 fully saturated rings. The molecule has 1 aliphatic heterocycles. The molecule has 1 heterocycles. The molecule has 0 aromatic rings. The third kappa shape index (κ3) is 3.26. The number of hydrogen-bond donors (Lipinski definition) is 3. The zero-order chi connectivity index (χ0) is 21.9. The minimum absolute atomic E-state index is 0.0147. The third-order valence-electron chi connectivity index (χ3n) is 10.7. The van der Waals surface area contributed by atoms with Crippen LogP contribution >= 0.6 is 0 Å². The second-order valence-corrected chi connectivity index (χ2v) is 11.8. The molecule has 8 atom stereocenters. The van der Waals surface area contributed by atoms with Crippen LogP contribution in [0.3, 0.4) is 0 Å². The Morgan fingerprint density at radius 3 is 2.74 bits per heavy atom. The fourth-order valence-electron chi connectivity index (χ4n) is 8.63. The Labute approximate surface area is 187 Å². The van der Waals surface area contributed by atoms with Gasteiger partial charge in [0.2, 0.25) is 5.96 Å². The Kier molecular flexibility index (Phi) is 5.40. The summed E-state index contributed by atoms with van der Waals surface area (Å²) in [4.78, 5) is 6.52. The van der Waals surface area contributed by atoms with E-state index in [0.717, 1.165) is 70.4 Å². The van der Waals surface area contributed by atoms with Crippen molar-refractivity contribution in [1.82, 2.24) is 10.3 Å².